The molecule has 3 heterocycles. The number of hydrogen-bond donors (Lipinski definition) is 5. The average molecular weight is 307 g/mol. The highest BCUT2D eigenvalue weighted by Crippen LogP contribution is 2.31. The molecule has 1 saturated carbocycles. The molecule has 120 valence electrons. The van der Waals surface area contributed by atoms with Crippen LogP contribution in [0.25, 0.3) is 0 Å². The minimum atomic E-state index is -0.260. The van der Waals surface area contributed by atoms with Gasteiger partial charge in [0.15, 0.2) is 0 Å². The van der Waals surface area contributed by atoms with Crippen molar-refractivity contribution in [2.45, 2.75) is 37.5 Å². The van der Waals surface area contributed by atoms with Crippen molar-refractivity contribution >= 4 is 5.91 Å². The molecule has 4 rings (SSSR count). The molecule has 0 aromatic carbocycles. The summed E-state index contributed by atoms with van der Waals surface area (Å²) in [5.74, 6) is 0.397. The van der Waals surface area contributed by atoms with Gasteiger partial charge in [0.05, 0.1) is 5.92 Å². The van der Waals surface area contributed by atoms with Gasteiger partial charge in [0.25, 0.3) is 0 Å². The lowest BCUT2D eigenvalue weighted by Gasteiger charge is -2.21. The van der Waals surface area contributed by atoms with Gasteiger partial charge in [-0.05, 0) is 29.2 Å². The predicted molar refractivity (Wildman–Crippen MR) is 75.7 cm³/mol. The van der Waals surface area contributed by atoms with E-state index in [0.29, 0.717) is 31.1 Å². The lowest BCUT2D eigenvalue weighted by molar-refractivity contribution is -0.125. The third kappa shape index (κ3) is 2.47. The average Bonchev–Trinajstić information content (AvgIpc) is 3.28. The van der Waals surface area contributed by atoms with Gasteiger partial charge in [-0.1, -0.05) is 6.42 Å². The van der Waals surface area contributed by atoms with Gasteiger partial charge in [0.1, 0.15) is 12.5 Å². The van der Waals surface area contributed by atoms with E-state index in [-0.39, 0.29) is 18.0 Å². The van der Waals surface area contributed by atoms with E-state index in [2.05, 4.69) is 42.5 Å². The summed E-state index contributed by atoms with van der Waals surface area (Å²) in [6, 6.07) is 0.871. The van der Waals surface area contributed by atoms with Crippen LogP contribution in [0.2, 0.25) is 0 Å². The first-order chi connectivity index (χ1) is 10.8. The fourth-order valence-corrected chi connectivity index (χ4v) is 3.78. The van der Waals surface area contributed by atoms with E-state index in [1.807, 2.05) is 0 Å². The third-order valence-electron chi connectivity index (χ3n) is 4.98. The Morgan fingerprint density at radius 2 is 2.27 bits per heavy atom. The molecule has 2 saturated heterocycles. The summed E-state index contributed by atoms with van der Waals surface area (Å²) in [5.41, 5.74) is 12.7. The van der Waals surface area contributed by atoms with Gasteiger partial charge in [0.2, 0.25) is 5.91 Å². The van der Waals surface area contributed by atoms with Gasteiger partial charge < -0.3 is 5.32 Å². The van der Waals surface area contributed by atoms with Crippen LogP contribution in [-0.2, 0) is 4.79 Å². The van der Waals surface area contributed by atoms with Gasteiger partial charge in [0, 0.05) is 25.2 Å². The first kappa shape index (κ1) is 14.0. The minimum absolute atomic E-state index is 0.0150. The van der Waals surface area contributed by atoms with E-state index < -0.39 is 0 Å². The van der Waals surface area contributed by atoms with Crippen molar-refractivity contribution < 1.29 is 4.79 Å². The molecule has 1 aromatic heterocycles. The Bertz CT molecular complexity index is 521. The summed E-state index contributed by atoms with van der Waals surface area (Å²) in [6.45, 7) is 1.20. The maximum atomic E-state index is 12.5. The maximum absolute atomic E-state index is 12.5. The van der Waals surface area contributed by atoms with Crippen LogP contribution in [0.5, 0.6) is 0 Å². The van der Waals surface area contributed by atoms with E-state index in [1.165, 1.54) is 25.6 Å². The summed E-state index contributed by atoms with van der Waals surface area (Å²) >= 11 is 0. The molecule has 10 heteroatoms. The van der Waals surface area contributed by atoms with Gasteiger partial charge in [-0.15, -0.1) is 5.10 Å². The molecule has 2 aliphatic heterocycles. The number of nitrogens with one attached hydrogen (secondary N) is 5. The topological polar surface area (TPSA) is 121 Å². The Kier molecular flexibility index (Phi) is 3.74. The molecule has 0 spiro atoms. The number of carbonyl (C=O) groups is 1. The number of tetrazole rings is 1. The molecule has 5 atom stereocenters. The number of nitrogens with zero attached hydrogens (tertiary/aromatic N) is 4. The Morgan fingerprint density at radius 3 is 3.14 bits per heavy atom. The SMILES string of the molecule is O=C(NCC1NNC2CCCC21)C1CNNC1n1cnnn1. The summed E-state index contributed by atoms with van der Waals surface area (Å²) in [6.07, 6.45) is 4.97. The van der Waals surface area contributed by atoms with Crippen LogP contribution >= 0.6 is 0 Å². The van der Waals surface area contributed by atoms with Crippen molar-refractivity contribution in [2.75, 3.05) is 13.1 Å². The molecule has 0 radical (unpaired) electrons. The number of amides is 1. The summed E-state index contributed by atoms with van der Waals surface area (Å²) in [5, 5.41) is 14.2. The van der Waals surface area contributed by atoms with Crippen LogP contribution in [0.4, 0.5) is 0 Å². The predicted octanol–water partition coefficient (Wildman–Crippen LogP) is -2.34. The molecule has 1 amide bonds. The molecule has 1 aromatic rings. The van der Waals surface area contributed by atoms with E-state index in [4.69, 9.17) is 0 Å². The standard InChI is InChI=1S/C12H21N9O/c22-12(8-4-14-18-11(8)21-6-15-19-20-21)13-5-10-7-2-1-3-9(7)16-17-10/h6-11,14,16-18H,1-5H2,(H,13,22). The van der Waals surface area contributed by atoms with Crippen molar-refractivity contribution in [1.82, 2.24) is 47.2 Å². The summed E-state index contributed by atoms with van der Waals surface area (Å²) < 4.78 is 1.56. The van der Waals surface area contributed by atoms with Gasteiger partial charge in [-0.2, -0.15) is 0 Å². The molecule has 22 heavy (non-hydrogen) atoms. The van der Waals surface area contributed by atoms with Crippen LogP contribution < -0.4 is 27.0 Å². The molecule has 3 aliphatic rings. The third-order valence-corrected chi connectivity index (χ3v) is 4.98. The van der Waals surface area contributed by atoms with Crippen molar-refractivity contribution in [1.29, 1.82) is 0 Å². The van der Waals surface area contributed by atoms with Crippen molar-refractivity contribution in [3.63, 3.8) is 0 Å². The van der Waals surface area contributed by atoms with E-state index >= 15 is 0 Å². The monoisotopic (exact) mass is 307 g/mol. The first-order valence-corrected chi connectivity index (χ1v) is 7.82. The van der Waals surface area contributed by atoms with E-state index in [9.17, 15) is 4.79 Å². The Hall–Kier alpha value is -1.62. The lowest BCUT2D eigenvalue weighted by Crippen LogP contribution is -2.45. The molecular weight excluding hydrogens is 286 g/mol. The number of fused-ring (bicyclic) bond motifs is 1. The Labute approximate surface area is 127 Å². The normalized spacial score (nSPS) is 37.4. The molecule has 5 unspecified atom stereocenters. The zero-order chi connectivity index (χ0) is 14.9. The zero-order valence-electron chi connectivity index (χ0n) is 12.2. The number of carbonyl (C=O) groups excluding carboxylic acids is 1. The van der Waals surface area contributed by atoms with Gasteiger partial charge >= 0.3 is 0 Å². The van der Waals surface area contributed by atoms with Gasteiger partial charge in [-0.25, -0.2) is 10.1 Å². The Morgan fingerprint density at radius 1 is 1.32 bits per heavy atom. The van der Waals surface area contributed by atoms with Gasteiger partial charge in [-0.3, -0.25) is 21.1 Å². The molecule has 1 aliphatic carbocycles. The molecule has 0 bridgehead atoms. The summed E-state index contributed by atoms with van der Waals surface area (Å²) in [7, 11) is 0. The van der Waals surface area contributed by atoms with Crippen LogP contribution in [0.15, 0.2) is 6.33 Å². The number of hydrogen-bond acceptors (Lipinski definition) is 8. The second-order valence-corrected chi connectivity index (χ2v) is 6.21. The molecular formula is C12H21N9O. The second kappa shape index (κ2) is 5.88. The number of aromatic nitrogens is 4. The van der Waals surface area contributed by atoms with E-state index in [1.54, 1.807) is 4.68 Å². The van der Waals surface area contributed by atoms with Crippen LogP contribution in [0.1, 0.15) is 25.4 Å². The largest absolute Gasteiger partial charge is 0.354 e. The van der Waals surface area contributed by atoms with Crippen LogP contribution in [0, 0.1) is 11.8 Å². The number of hydrazine groups is 2. The van der Waals surface area contributed by atoms with Crippen LogP contribution in [-0.4, -0.2) is 51.3 Å². The lowest BCUT2D eigenvalue weighted by atomic mass is 9.97. The van der Waals surface area contributed by atoms with Crippen molar-refractivity contribution in [3.8, 4) is 0 Å². The maximum Gasteiger partial charge on any atom is 0.228 e. The Balaban J connectivity index is 1.34. The summed E-state index contributed by atoms with van der Waals surface area (Å²) in [4.78, 5) is 12.5. The molecule has 3 fully saturated rings. The first-order valence-electron chi connectivity index (χ1n) is 7.82. The van der Waals surface area contributed by atoms with Crippen LogP contribution in [0.3, 0.4) is 0 Å². The minimum Gasteiger partial charge on any atom is -0.354 e. The highest BCUT2D eigenvalue weighted by atomic mass is 16.2. The fourth-order valence-electron chi connectivity index (χ4n) is 3.78. The fraction of sp³-hybridized carbons (Fsp3) is 0.833. The smallest absolute Gasteiger partial charge is 0.228 e. The number of rotatable bonds is 4. The van der Waals surface area contributed by atoms with E-state index in [0.717, 1.165) is 0 Å². The highest BCUT2D eigenvalue weighted by molar-refractivity contribution is 5.79. The van der Waals surface area contributed by atoms with Crippen molar-refractivity contribution in [2.24, 2.45) is 11.8 Å². The molecule has 5 N–H and O–H groups in total. The molecule has 10 nitrogen and oxygen atoms in total. The quantitative estimate of drug-likeness (QED) is 0.419. The zero-order valence-corrected chi connectivity index (χ0v) is 12.2. The van der Waals surface area contributed by atoms with Crippen molar-refractivity contribution in [3.05, 3.63) is 6.33 Å². The second-order valence-electron chi connectivity index (χ2n) is 6.21. The highest BCUT2D eigenvalue weighted by Gasteiger charge is 2.40.